The van der Waals surface area contributed by atoms with Gasteiger partial charge in [-0.15, -0.1) is 0 Å². The predicted octanol–water partition coefficient (Wildman–Crippen LogP) is 1.36. The molecule has 9 heavy (non-hydrogen) atoms. The van der Waals surface area contributed by atoms with E-state index in [4.69, 9.17) is 5.39 Å². The Balaban J connectivity index is 3.37. The van der Waals surface area contributed by atoms with Gasteiger partial charge in [0.1, 0.15) is 0 Å². The molecule has 46 valence electrons. The molecule has 0 aromatic carbocycles. The lowest BCUT2D eigenvalue weighted by molar-refractivity contribution is -0.272. The van der Waals surface area contributed by atoms with Crippen molar-refractivity contribution in [2.24, 2.45) is 0 Å². The van der Waals surface area contributed by atoms with E-state index in [2.05, 4.69) is 22.2 Å². The second kappa shape index (κ2) is 2.13. The van der Waals surface area contributed by atoms with Crippen LogP contribution < -0.4 is 5.11 Å². The highest BCUT2D eigenvalue weighted by Gasteiger charge is 2.07. The highest BCUT2D eigenvalue weighted by Crippen LogP contribution is 2.27. The Kier molecular flexibility index (Phi) is 1.46. The average Bonchev–Trinajstić information content (AvgIpc) is 2.10. The minimum absolute atomic E-state index is 0.000000000000000222. The molecule has 0 aliphatic carbocycles. The Bertz CT molecular complexity index is 306. The van der Waals surface area contributed by atoms with E-state index < -0.39 is 5.88 Å². The molecular weight excluding hydrogens is 158 g/mol. The first-order valence-corrected chi connectivity index (χ1v) is 3.21. The van der Waals surface area contributed by atoms with Gasteiger partial charge in [-0.2, -0.15) is 0 Å². The zero-order valence-electron chi connectivity index (χ0n) is 4.12. The van der Waals surface area contributed by atoms with Crippen LogP contribution in [0.3, 0.4) is 0 Å². The maximum absolute atomic E-state index is 10.5. The lowest BCUT2D eigenvalue weighted by Crippen LogP contribution is -1.87. The van der Waals surface area contributed by atoms with Crippen molar-refractivity contribution in [2.75, 3.05) is 0 Å². The highest BCUT2D eigenvalue weighted by molar-refractivity contribution is 7.73. The summed E-state index contributed by atoms with van der Waals surface area (Å²) in [5, 5.41) is 18.6. The number of H-pyrrole nitrogens is 1. The third-order valence-electron chi connectivity index (χ3n) is 0.690. The fourth-order valence-corrected chi connectivity index (χ4v) is 1.21. The van der Waals surface area contributed by atoms with E-state index in [1.165, 1.54) is 0 Å². The second-order valence-electron chi connectivity index (χ2n) is 1.25. The number of rotatable bonds is 0. The fraction of sp³-hybridized carbons (Fsp3) is 0. The lowest BCUT2D eigenvalue weighted by atomic mass is 10.8. The average molecular weight is 159 g/mol. The van der Waals surface area contributed by atoms with Gasteiger partial charge in [-0.25, -0.2) is 0 Å². The summed E-state index contributed by atoms with van der Waals surface area (Å²) in [5.74, 6) is -0.437. The summed E-state index contributed by atoms with van der Waals surface area (Å²) in [6, 6.07) is 0. The summed E-state index contributed by atoms with van der Waals surface area (Å²) in [7, 11) is 0. The SMILES string of the molecule is N#[N+]c1sc(=S)[nH]c1[O-]. The van der Waals surface area contributed by atoms with Crippen LogP contribution in [0.4, 0.5) is 5.00 Å². The fourth-order valence-electron chi connectivity index (χ4n) is 0.372. The van der Waals surface area contributed by atoms with Gasteiger partial charge in [0.2, 0.25) is 5.39 Å². The molecule has 0 amide bonds. The van der Waals surface area contributed by atoms with Crippen LogP contribution in [-0.2, 0) is 0 Å². The zero-order valence-corrected chi connectivity index (χ0v) is 5.75. The van der Waals surface area contributed by atoms with Gasteiger partial charge in [-0.1, -0.05) is 0 Å². The number of aromatic amines is 1. The number of nitrogens with one attached hydrogen (secondary N) is 1. The number of nitrogens with zero attached hydrogens (tertiary/aromatic N) is 2. The van der Waals surface area contributed by atoms with E-state index in [1.807, 2.05) is 0 Å². The van der Waals surface area contributed by atoms with Crippen LogP contribution in [0.5, 0.6) is 5.88 Å². The first-order valence-electron chi connectivity index (χ1n) is 1.99. The van der Waals surface area contributed by atoms with Gasteiger partial charge < -0.3 is 10.1 Å². The van der Waals surface area contributed by atoms with E-state index in [0.29, 0.717) is 3.95 Å². The van der Waals surface area contributed by atoms with Gasteiger partial charge in [-0.3, -0.25) is 0 Å². The first-order chi connectivity index (χ1) is 4.24. The van der Waals surface area contributed by atoms with Gasteiger partial charge >= 0.3 is 5.00 Å². The smallest absolute Gasteiger partial charge is 0.451 e. The van der Waals surface area contributed by atoms with Gasteiger partial charge in [0.05, 0.1) is 5.88 Å². The Hall–Kier alpha value is -0.930. The third kappa shape index (κ3) is 1.06. The van der Waals surface area contributed by atoms with Crippen LogP contribution >= 0.6 is 23.6 Å². The zero-order chi connectivity index (χ0) is 6.85. The quantitative estimate of drug-likeness (QED) is 0.459. The van der Waals surface area contributed by atoms with Crippen LogP contribution in [0.15, 0.2) is 0 Å². The van der Waals surface area contributed by atoms with Crippen molar-refractivity contribution in [1.82, 2.24) is 4.98 Å². The maximum Gasteiger partial charge on any atom is 0.451 e. The minimum atomic E-state index is -0.437. The van der Waals surface area contributed by atoms with Crippen molar-refractivity contribution < 1.29 is 5.11 Å². The first kappa shape index (κ1) is 6.19. The van der Waals surface area contributed by atoms with Crippen molar-refractivity contribution in [1.29, 1.82) is 5.39 Å². The topological polar surface area (TPSA) is 67.0 Å². The molecule has 0 saturated heterocycles. The van der Waals surface area contributed by atoms with Crippen molar-refractivity contribution in [3.63, 3.8) is 0 Å². The van der Waals surface area contributed by atoms with Crippen molar-refractivity contribution in [2.45, 2.75) is 0 Å². The normalized spacial score (nSPS) is 8.78. The number of hydrogen-bond acceptors (Lipinski definition) is 4. The van der Waals surface area contributed by atoms with Gasteiger partial charge in [0.15, 0.2) is 8.93 Å². The standard InChI is InChI=1S/C3HN3OS2/c4-6-2-1(7)5-3(8)9-2/h(H-,5,7,8). The number of thiazole rings is 1. The van der Waals surface area contributed by atoms with Crippen LogP contribution in [0.25, 0.3) is 4.98 Å². The Morgan fingerprint density at radius 3 is 2.67 bits per heavy atom. The highest BCUT2D eigenvalue weighted by atomic mass is 32.1. The molecule has 0 fully saturated rings. The molecule has 0 radical (unpaired) electrons. The molecule has 0 bridgehead atoms. The monoisotopic (exact) mass is 159 g/mol. The molecule has 0 aliphatic heterocycles. The lowest BCUT2D eigenvalue weighted by Gasteiger charge is -1.87. The molecule has 0 unspecified atom stereocenters. The van der Waals surface area contributed by atoms with Crippen molar-refractivity contribution in [3.05, 3.63) is 8.93 Å². The second-order valence-corrected chi connectivity index (χ2v) is 2.91. The molecule has 4 nitrogen and oxygen atoms in total. The van der Waals surface area contributed by atoms with Crippen molar-refractivity contribution >= 4 is 28.6 Å². The molecule has 1 aromatic rings. The summed E-state index contributed by atoms with van der Waals surface area (Å²) >= 11 is 5.52. The van der Waals surface area contributed by atoms with Crippen molar-refractivity contribution in [3.8, 4) is 5.88 Å². The molecule has 1 aromatic heterocycles. The summed E-state index contributed by atoms with van der Waals surface area (Å²) in [6.07, 6.45) is 0. The van der Waals surface area contributed by atoms with Gasteiger partial charge in [-0.05, 0) is 23.6 Å². The van der Waals surface area contributed by atoms with E-state index in [1.54, 1.807) is 0 Å². The summed E-state index contributed by atoms with van der Waals surface area (Å²) < 4.78 is 0.327. The predicted molar refractivity (Wildman–Crippen MR) is 33.7 cm³/mol. The Labute approximate surface area is 59.4 Å². The molecule has 1 N–H and O–H groups in total. The molecule has 1 heterocycles. The van der Waals surface area contributed by atoms with E-state index in [-0.39, 0.29) is 5.00 Å². The summed E-state index contributed by atoms with van der Waals surface area (Å²) in [4.78, 5) is 4.98. The van der Waals surface area contributed by atoms with E-state index in [9.17, 15) is 5.11 Å². The molecule has 0 spiro atoms. The number of hydrogen-bond donors (Lipinski definition) is 1. The molecule has 0 aliphatic rings. The maximum atomic E-state index is 10.5. The van der Waals surface area contributed by atoms with Gasteiger partial charge in [0.25, 0.3) is 0 Å². The number of aromatic nitrogens is 1. The molecular formula is C3HN3OS2. The number of diazo groups is 1. The van der Waals surface area contributed by atoms with Gasteiger partial charge in [0, 0.05) is 0 Å². The van der Waals surface area contributed by atoms with E-state index in [0.717, 1.165) is 11.3 Å². The molecule has 0 saturated carbocycles. The largest absolute Gasteiger partial charge is 0.854 e. The molecule has 6 heteroatoms. The molecule has 0 atom stereocenters. The van der Waals surface area contributed by atoms with Crippen LogP contribution in [-0.4, -0.2) is 4.98 Å². The Morgan fingerprint density at radius 1 is 1.78 bits per heavy atom. The Morgan fingerprint density at radius 2 is 2.44 bits per heavy atom. The summed E-state index contributed by atoms with van der Waals surface area (Å²) in [6.45, 7) is 0. The summed E-state index contributed by atoms with van der Waals surface area (Å²) in [5.41, 5.74) is 0. The van der Waals surface area contributed by atoms with Crippen LogP contribution in [0.1, 0.15) is 0 Å². The van der Waals surface area contributed by atoms with E-state index >= 15 is 0 Å². The minimum Gasteiger partial charge on any atom is -0.854 e. The molecule has 1 rings (SSSR count). The van der Waals surface area contributed by atoms with Crippen LogP contribution in [0.2, 0.25) is 0 Å². The third-order valence-corrected chi connectivity index (χ3v) is 1.79. The van der Waals surface area contributed by atoms with Crippen LogP contribution in [0, 0.1) is 9.35 Å².